The lowest BCUT2D eigenvalue weighted by Gasteiger charge is -2.57. The minimum Gasteiger partial charge on any atom is -0.459 e. The lowest BCUT2D eigenvalue weighted by Crippen LogP contribution is -2.74. The molecule has 0 saturated carbocycles. The van der Waals surface area contributed by atoms with Crippen molar-refractivity contribution < 1.29 is 68.1 Å². The molecule has 1 saturated heterocycles. The van der Waals surface area contributed by atoms with Crippen LogP contribution in [-0.4, -0.2) is 104 Å². The van der Waals surface area contributed by atoms with Crippen LogP contribution in [0.5, 0.6) is 0 Å². The zero-order valence-electron chi connectivity index (χ0n) is 29.6. The van der Waals surface area contributed by atoms with Gasteiger partial charge in [0.1, 0.15) is 24.4 Å². The molecule has 11 atom stereocenters. The zero-order valence-corrected chi connectivity index (χ0v) is 29.6. The molecule has 276 valence electrons. The molecule has 0 spiro atoms. The van der Waals surface area contributed by atoms with Crippen LogP contribution < -0.4 is 0 Å². The molecule has 4 N–H and O–H groups in total. The Morgan fingerprint density at radius 1 is 0.878 bits per heavy atom. The molecule has 2 aliphatic carbocycles. The number of rotatable bonds is 11. The normalized spacial score (nSPS) is 39.7. The fraction of sp³-hybridized carbons (Fsp3) is 0.743. The van der Waals surface area contributed by atoms with E-state index in [1.807, 2.05) is 0 Å². The maximum absolute atomic E-state index is 13.7. The predicted octanol–water partition coefficient (Wildman–Crippen LogP) is 2.12. The van der Waals surface area contributed by atoms with E-state index in [1.165, 1.54) is 45.9 Å². The highest BCUT2D eigenvalue weighted by Crippen LogP contribution is 2.56. The van der Waals surface area contributed by atoms with Crippen molar-refractivity contribution in [3.63, 3.8) is 0 Å². The van der Waals surface area contributed by atoms with Gasteiger partial charge in [0.05, 0.1) is 5.60 Å². The quantitative estimate of drug-likeness (QED) is 0.106. The fourth-order valence-electron chi connectivity index (χ4n) is 7.42. The molecule has 0 radical (unpaired) electrons. The lowest BCUT2D eigenvalue weighted by atomic mass is 9.53. The molecule has 49 heavy (non-hydrogen) atoms. The van der Waals surface area contributed by atoms with Crippen molar-refractivity contribution in [1.29, 1.82) is 0 Å². The van der Waals surface area contributed by atoms with E-state index in [-0.39, 0.29) is 18.4 Å². The summed E-state index contributed by atoms with van der Waals surface area (Å²) < 4.78 is 28.5. The zero-order chi connectivity index (χ0) is 37.1. The summed E-state index contributed by atoms with van der Waals surface area (Å²) in [6.07, 6.45) is -3.01. The Kier molecular flexibility index (Phi) is 12.5. The van der Waals surface area contributed by atoms with Gasteiger partial charge in [-0.05, 0) is 38.8 Å². The Bertz CT molecular complexity index is 1340. The van der Waals surface area contributed by atoms with Gasteiger partial charge in [0, 0.05) is 38.0 Å². The third kappa shape index (κ3) is 7.57. The van der Waals surface area contributed by atoms with E-state index in [2.05, 4.69) is 6.92 Å². The molecule has 3 rings (SSSR count). The first kappa shape index (κ1) is 40.1. The van der Waals surface area contributed by atoms with Crippen molar-refractivity contribution in [2.24, 2.45) is 11.3 Å². The fourth-order valence-corrected chi connectivity index (χ4v) is 7.42. The van der Waals surface area contributed by atoms with Gasteiger partial charge in [-0.2, -0.15) is 0 Å². The Balaban J connectivity index is 2.39. The molecule has 0 bridgehead atoms. The first-order valence-electron chi connectivity index (χ1n) is 16.9. The van der Waals surface area contributed by atoms with E-state index in [1.54, 1.807) is 0 Å². The molecule has 0 unspecified atom stereocenters. The molecule has 1 aliphatic heterocycles. The van der Waals surface area contributed by atoms with E-state index in [4.69, 9.17) is 23.7 Å². The van der Waals surface area contributed by atoms with Crippen LogP contribution in [-0.2, 0) is 47.7 Å². The number of ether oxygens (including phenoxy) is 5. The number of esters is 5. The van der Waals surface area contributed by atoms with Gasteiger partial charge in [0.15, 0.2) is 17.8 Å². The second-order valence-corrected chi connectivity index (χ2v) is 13.9. The molecule has 0 aromatic carbocycles. The average Bonchev–Trinajstić information content (AvgIpc) is 3.19. The summed E-state index contributed by atoms with van der Waals surface area (Å²) in [4.78, 5) is 65.1. The number of fused-ring (bicyclic) bond motifs is 2. The highest BCUT2D eigenvalue weighted by molar-refractivity contribution is 5.88. The van der Waals surface area contributed by atoms with Crippen molar-refractivity contribution in [2.45, 2.75) is 154 Å². The van der Waals surface area contributed by atoms with Crippen molar-refractivity contribution in [1.82, 2.24) is 0 Å². The van der Waals surface area contributed by atoms with Gasteiger partial charge in [-0.3, -0.25) is 19.2 Å². The van der Waals surface area contributed by atoms with Gasteiger partial charge in [-0.1, -0.05) is 58.6 Å². The van der Waals surface area contributed by atoms with E-state index < -0.39 is 94.6 Å². The summed E-state index contributed by atoms with van der Waals surface area (Å²) in [5.41, 5.74) is -9.59. The van der Waals surface area contributed by atoms with Gasteiger partial charge < -0.3 is 44.1 Å². The first-order valence-corrected chi connectivity index (χ1v) is 16.9. The van der Waals surface area contributed by atoms with Gasteiger partial charge in [0.25, 0.3) is 0 Å². The highest BCUT2D eigenvalue weighted by atomic mass is 16.7. The number of aliphatic hydroxyl groups excluding tert-OH is 2. The third-order valence-corrected chi connectivity index (χ3v) is 10.1. The summed E-state index contributed by atoms with van der Waals surface area (Å²) in [6.45, 7) is 10.7. The van der Waals surface area contributed by atoms with Crippen molar-refractivity contribution in [3.8, 4) is 0 Å². The molecule has 3 aliphatic rings. The van der Waals surface area contributed by atoms with Gasteiger partial charge in [0.2, 0.25) is 5.60 Å². The summed E-state index contributed by atoms with van der Waals surface area (Å²) >= 11 is 0. The van der Waals surface area contributed by atoms with Gasteiger partial charge in [-0.25, -0.2) is 4.79 Å². The van der Waals surface area contributed by atoms with Crippen molar-refractivity contribution in [3.05, 3.63) is 23.8 Å². The monoisotopic (exact) mass is 696 g/mol. The first-order chi connectivity index (χ1) is 22.7. The lowest BCUT2D eigenvalue weighted by molar-refractivity contribution is -0.266. The van der Waals surface area contributed by atoms with E-state index >= 15 is 0 Å². The number of aliphatic hydroxyl groups is 4. The molecule has 0 aromatic heterocycles. The van der Waals surface area contributed by atoms with Crippen LogP contribution in [0, 0.1) is 11.3 Å². The Morgan fingerprint density at radius 3 is 2.04 bits per heavy atom. The maximum atomic E-state index is 13.7. The summed E-state index contributed by atoms with van der Waals surface area (Å²) in [6, 6.07) is 0. The third-order valence-electron chi connectivity index (χ3n) is 10.1. The summed E-state index contributed by atoms with van der Waals surface area (Å²) in [5, 5.41) is 48.1. The van der Waals surface area contributed by atoms with Crippen LogP contribution in [0.1, 0.15) is 100 Å². The van der Waals surface area contributed by atoms with Crippen LogP contribution >= 0.6 is 0 Å². The molecule has 1 fully saturated rings. The molecular formula is C35H52O14. The molecular weight excluding hydrogens is 644 g/mol. The number of hydrogen-bond donors (Lipinski definition) is 4. The Morgan fingerprint density at radius 2 is 1.47 bits per heavy atom. The maximum Gasteiger partial charge on any atom is 0.354 e. The second kappa shape index (κ2) is 15.3. The van der Waals surface area contributed by atoms with E-state index in [9.17, 15) is 44.4 Å². The summed E-state index contributed by atoms with van der Waals surface area (Å²) in [7, 11) is 0. The topological polar surface area (TPSA) is 212 Å². The SMILES string of the molecule is CCCCCCCC(=O)O[C@H]1/C(C)=C\[C@@H]2OC(=O)[C@@](C)(OC(=O)CC)[C@@]2(O)[C@H](OC(C)=O)[C@H]2[C@](C)(O)[C@H](O)C=C[C@]2(C)[C@@H](OC(C)=O)[C@@H]1O. The predicted molar refractivity (Wildman–Crippen MR) is 171 cm³/mol. The van der Waals surface area contributed by atoms with Crippen LogP contribution in [0.2, 0.25) is 0 Å². The molecule has 0 amide bonds. The van der Waals surface area contributed by atoms with Crippen molar-refractivity contribution >= 4 is 29.8 Å². The number of carbonyl (C=O) groups excluding carboxylic acids is 5. The minimum absolute atomic E-state index is 0.00106. The molecule has 14 heteroatoms. The standard InChI is InChI=1S/C35H52O14/c1-9-11-12-13-14-15-25(40)48-27-19(3)18-23-35(44,34(8,31(42)47-23)49-24(39)10-2)30(46-21(5)37)28-32(6,17-16-22(38)33(28,7)43)29(26(27)41)45-20(4)36/h16-18,22-23,26-30,38,41,43-44H,9-15H2,1-8H3/b19-18-/t22-,23+,26-,27+,28-,29+,30-,32+,33-,34-,35+/m1/s1. The smallest absolute Gasteiger partial charge is 0.354 e. The number of hydrogen-bond acceptors (Lipinski definition) is 14. The Hall–Kier alpha value is -3.33. The minimum atomic E-state index is -2.83. The second-order valence-electron chi connectivity index (χ2n) is 13.9. The Labute approximate surface area is 286 Å². The largest absolute Gasteiger partial charge is 0.459 e. The van der Waals surface area contributed by atoms with Crippen molar-refractivity contribution in [2.75, 3.05) is 0 Å². The van der Waals surface area contributed by atoms with Crippen LogP contribution in [0.25, 0.3) is 0 Å². The molecule has 1 heterocycles. The van der Waals surface area contributed by atoms with Crippen LogP contribution in [0.15, 0.2) is 23.8 Å². The number of carbonyl (C=O) groups is 5. The van der Waals surface area contributed by atoms with Crippen LogP contribution in [0.3, 0.4) is 0 Å². The molecule has 0 aromatic rings. The molecule has 14 nitrogen and oxygen atoms in total. The number of unbranched alkanes of at least 4 members (excludes halogenated alkanes) is 4. The summed E-state index contributed by atoms with van der Waals surface area (Å²) in [5.74, 6) is -6.46. The van der Waals surface area contributed by atoms with E-state index in [0.29, 0.717) is 6.42 Å². The van der Waals surface area contributed by atoms with Gasteiger partial charge >= 0.3 is 29.8 Å². The highest BCUT2D eigenvalue weighted by Gasteiger charge is 2.76. The van der Waals surface area contributed by atoms with E-state index in [0.717, 1.165) is 46.5 Å². The van der Waals surface area contributed by atoms with Gasteiger partial charge in [-0.15, -0.1) is 0 Å². The average molecular weight is 697 g/mol. The van der Waals surface area contributed by atoms with Crippen LogP contribution in [0.4, 0.5) is 0 Å².